The molecule has 0 saturated heterocycles. The zero-order valence-electron chi connectivity index (χ0n) is 10.4. The topological polar surface area (TPSA) is 29.3 Å². The first-order valence-electron chi connectivity index (χ1n) is 6.34. The van der Waals surface area contributed by atoms with E-state index in [9.17, 15) is 0 Å². The maximum absolute atomic E-state index is 5.37. The van der Waals surface area contributed by atoms with Gasteiger partial charge in [-0.3, -0.25) is 4.90 Å². The number of rotatable bonds is 5. The van der Waals surface area contributed by atoms with Crippen LogP contribution in [0.25, 0.3) is 0 Å². The van der Waals surface area contributed by atoms with Crippen LogP contribution in [0.1, 0.15) is 36.6 Å². The Kier molecular flexibility index (Phi) is 4.61. The first kappa shape index (κ1) is 12.6. The Hall–Kier alpha value is -0.820. The van der Waals surface area contributed by atoms with Crippen LogP contribution in [0.2, 0.25) is 0 Å². The molecule has 0 amide bonds. The SMILES string of the molecule is CCCN(Cc1cc(C#CCN)cs1)C1CC1. The molecular weight excluding hydrogens is 228 g/mol. The highest BCUT2D eigenvalue weighted by Crippen LogP contribution is 2.29. The van der Waals surface area contributed by atoms with Gasteiger partial charge in [0, 0.05) is 28.4 Å². The van der Waals surface area contributed by atoms with Gasteiger partial charge in [0.25, 0.3) is 0 Å². The van der Waals surface area contributed by atoms with Gasteiger partial charge in [-0.2, -0.15) is 0 Å². The molecule has 0 atom stereocenters. The molecule has 1 heterocycles. The van der Waals surface area contributed by atoms with Crippen LogP contribution in [-0.2, 0) is 6.54 Å². The van der Waals surface area contributed by atoms with Crippen LogP contribution in [0.5, 0.6) is 0 Å². The molecule has 1 aromatic heterocycles. The lowest BCUT2D eigenvalue weighted by molar-refractivity contribution is 0.257. The zero-order valence-corrected chi connectivity index (χ0v) is 11.2. The van der Waals surface area contributed by atoms with Crippen molar-refractivity contribution in [2.75, 3.05) is 13.1 Å². The standard InChI is InChI=1S/C14H20N2S/c1-2-8-16(13-5-6-13)10-14-9-12(11-17-14)4-3-7-15/h9,11,13H,2,5-8,10,15H2,1H3. The summed E-state index contributed by atoms with van der Waals surface area (Å²) in [6, 6.07) is 3.05. The molecular formula is C14H20N2S. The van der Waals surface area contributed by atoms with Crippen LogP contribution in [0.15, 0.2) is 11.4 Å². The number of hydrogen-bond acceptors (Lipinski definition) is 3. The summed E-state index contributed by atoms with van der Waals surface area (Å²) >= 11 is 1.81. The second-order valence-electron chi connectivity index (χ2n) is 4.51. The zero-order chi connectivity index (χ0) is 12.1. The summed E-state index contributed by atoms with van der Waals surface area (Å²) in [5.74, 6) is 5.99. The fraction of sp³-hybridized carbons (Fsp3) is 0.571. The summed E-state index contributed by atoms with van der Waals surface area (Å²) in [4.78, 5) is 4.03. The normalized spacial score (nSPS) is 14.8. The lowest BCUT2D eigenvalue weighted by atomic mass is 10.3. The van der Waals surface area contributed by atoms with Gasteiger partial charge in [-0.25, -0.2) is 0 Å². The molecule has 0 aromatic carbocycles. The molecule has 1 fully saturated rings. The van der Waals surface area contributed by atoms with E-state index in [1.807, 2.05) is 11.3 Å². The molecule has 0 aliphatic heterocycles. The number of nitrogens with two attached hydrogens (primary N) is 1. The Labute approximate surface area is 108 Å². The smallest absolute Gasteiger partial charge is 0.0555 e. The van der Waals surface area contributed by atoms with Crippen molar-refractivity contribution < 1.29 is 0 Å². The van der Waals surface area contributed by atoms with Crippen LogP contribution in [0.3, 0.4) is 0 Å². The van der Waals surface area contributed by atoms with E-state index >= 15 is 0 Å². The molecule has 0 unspecified atom stereocenters. The van der Waals surface area contributed by atoms with Crippen molar-refractivity contribution in [2.24, 2.45) is 5.73 Å². The second-order valence-corrected chi connectivity index (χ2v) is 5.51. The van der Waals surface area contributed by atoms with E-state index in [4.69, 9.17) is 5.73 Å². The minimum atomic E-state index is 0.440. The molecule has 1 aliphatic carbocycles. The van der Waals surface area contributed by atoms with E-state index in [0.29, 0.717) is 6.54 Å². The Morgan fingerprint density at radius 2 is 2.35 bits per heavy atom. The number of nitrogens with zero attached hydrogens (tertiary/aromatic N) is 1. The molecule has 1 saturated carbocycles. The van der Waals surface area contributed by atoms with E-state index < -0.39 is 0 Å². The van der Waals surface area contributed by atoms with E-state index in [-0.39, 0.29) is 0 Å². The third-order valence-electron chi connectivity index (χ3n) is 2.92. The maximum atomic E-state index is 5.37. The molecule has 17 heavy (non-hydrogen) atoms. The third kappa shape index (κ3) is 3.85. The van der Waals surface area contributed by atoms with Crippen molar-refractivity contribution in [1.82, 2.24) is 4.90 Å². The lowest BCUT2D eigenvalue weighted by Gasteiger charge is -2.19. The molecule has 0 radical (unpaired) electrons. The molecule has 0 spiro atoms. The monoisotopic (exact) mass is 248 g/mol. The fourth-order valence-corrected chi connectivity index (χ4v) is 2.84. The molecule has 0 bridgehead atoms. The minimum absolute atomic E-state index is 0.440. The Bertz CT molecular complexity index is 409. The summed E-state index contributed by atoms with van der Waals surface area (Å²) < 4.78 is 0. The summed E-state index contributed by atoms with van der Waals surface area (Å²) in [5.41, 5.74) is 6.49. The van der Waals surface area contributed by atoms with Crippen LogP contribution < -0.4 is 5.73 Å². The average Bonchev–Trinajstić information content (AvgIpc) is 3.08. The number of thiophene rings is 1. The first-order valence-corrected chi connectivity index (χ1v) is 7.22. The van der Waals surface area contributed by atoms with Crippen LogP contribution in [0.4, 0.5) is 0 Å². The largest absolute Gasteiger partial charge is 0.320 e. The van der Waals surface area contributed by atoms with Gasteiger partial charge in [-0.05, 0) is 31.9 Å². The molecule has 2 N–H and O–H groups in total. The Balaban J connectivity index is 1.94. The van der Waals surface area contributed by atoms with Crippen LogP contribution in [0, 0.1) is 11.8 Å². The van der Waals surface area contributed by atoms with Gasteiger partial charge in [0.1, 0.15) is 0 Å². The summed E-state index contributed by atoms with van der Waals surface area (Å²) in [7, 11) is 0. The van der Waals surface area contributed by atoms with Gasteiger partial charge in [0.2, 0.25) is 0 Å². The van der Waals surface area contributed by atoms with E-state index in [0.717, 1.165) is 18.2 Å². The van der Waals surface area contributed by atoms with Gasteiger partial charge in [0.15, 0.2) is 0 Å². The van der Waals surface area contributed by atoms with Crippen molar-refractivity contribution in [3.8, 4) is 11.8 Å². The predicted molar refractivity (Wildman–Crippen MR) is 74.0 cm³/mol. The third-order valence-corrected chi connectivity index (χ3v) is 3.84. The van der Waals surface area contributed by atoms with Gasteiger partial charge >= 0.3 is 0 Å². The fourth-order valence-electron chi connectivity index (χ4n) is 2.00. The van der Waals surface area contributed by atoms with E-state index in [1.54, 1.807) is 0 Å². The van der Waals surface area contributed by atoms with E-state index in [2.05, 4.69) is 35.1 Å². The Morgan fingerprint density at radius 3 is 3.00 bits per heavy atom. The van der Waals surface area contributed by atoms with Crippen molar-refractivity contribution >= 4 is 11.3 Å². The van der Waals surface area contributed by atoms with Gasteiger partial charge < -0.3 is 5.73 Å². The second kappa shape index (κ2) is 6.20. The first-order chi connectivity index (χ1) is 8.33. The maximum Gasteiger partial charge on any atom is 0.0555 e. The van der Waals surface area contributed by atoms with Crippen LogP contribution in [-0.4, -0.2) is 24.0 Å². The quantitative estimate of drug-likeness (QED) is 0.811. The lowest BCUT2D eigenvalue weighted by Crippen LogP contribution is -2.25. The van der Waals surface area contributed by atoms with Crippen molar-refractivity contribution in [3.63, 3.8) is 0 Å². The molecule has 1 aromatic rings. The molecule has 92 valence electrons. The Morgan fingerprint density at radius 1 is 1.53 bits per heavy atom. The van der Waals surface area contributed by atoms with Crippen molar-refractivity contribution in [1.29, 1.82) is 0 Å². The molecule has 2 nitrogen and oxygen atoms in total. The van der Waals surface area contributed by atoms with Gasteiger partial charge in [-0.1, -0.05) is 18.8 Å². The molecule has 2 rings (SSSR count). The average molecular weight is 248 g/mol. The van der Waals surface area contributed by atoms with Crippen molar-refractivity contribution in [2.45, 2.75) is 38.8 Å². The van der Waals surface area contributed by atoms with Crippen molar-refractivity contribution in [3.05, 3.63) is 21.9 Å². The van der Waals surface area contributed by atoms with Gasteiger partial charge in [0.05, 0.1) is 6.54 Å². The van der Waals surface area contributed by atoms with Crippen LogP contribution >= 0.6 is 11.3 Å². The molecule has 1 aliphatic rings. The summed E-state index contributed by atoms with van der Waals surface area (Å²) in [6.07, 6.45) is 4.00. The van der Waals surface area contributed by atoms with E-state index in [1.165, 1.54) is 30.7 Å². The minimum Gasteiger partial charge on any atom is -0.320 e. The highest BCUT2D eigenvalue weighted by molar-refractivity contribution is 7.10. The highest BCUT2D eigenvalue weighted by atomic mass is 32.1. The summed E-state index contributed by atoms with van der Waals surface area (Å²) in [6.45, 7) is 5.00. The molecule has 3 heteroatoms. The summed E-state index contributed by atoms with van der Waals surface area (Å²) in [5, 5.41) is 2.13. The predicted octanol–water partition coefficient (Wildman–Crippen LogP) is 2.43. The van der Waals surface area contributed by atoms with Gasteiger partial charge in [-0.15, -0.1) is 11.3 Å². The highest BCUT2D eigenvalue weighted by Gasteiger charge is 2.28. The number of hydrogen-bond donors (Lipinski definition) is 1.